The van der Waals surface area contributed by atoms with E-state index in [9.17, 15) is 0 Å². The molecule has 1 aliphatic heterocycles. The second-order valence-corrected chi connectivity index (χ2v) is 6.70. The SMILES string of the molecule is CCCCCCCCC(NC)C1CCCCS1. The maximum absolute atomic E-state index is 3.55. The Morgan fingerprint density at radius 2 is 1.88 bits per heavy atom. The van der Waals surface area contributed by atoms with E-state index in [0.29, 0.717) is 0 Å². The Morgan fingerprint density at radius 1 is 1.12 bits per heavy atom. The Hall–Kier alpha value is 0.310. The summed E-state index contributed by atoms with van der Waals surface area (Å²) in [6.07, 6.45) is 14.3. The Bertz CT molecular complexity index is 166. The molecule has 17 heavy (non-hydrogen) atoms. The smallest absolute Gasteiger partial charge is 0.0201 e. The molecule has 0 aliphatic carbocycles. The zero-order chi connectivity index (χ0) is 12.3. The molecular formula is C15H31NS. The van der Waals surface area contributed by atoms with Crippen molar-refractivity contribution in [2.45, 2.75) is 82.4 Å². The van der Waals surface area contributed by atoms with Gasteiger partial charge < -0.3 is 5.32 Å². The molecule has 0 spiro atoms. The third kappa shape index (κ3) is 6.71. The highest BCUT2D eigenvalue weighted by atomic mass is 32.2. The molecule has 0 aromatic heterocycles. The largest absolute Gasteiger partial charge is 0.316 e. The monoisotopic (exact) mass is 257 g/mol. The molecule has 1 N–H and O–H groups in total. The fraction of sp³-hybridized carbons (Fsp3) is 1.00. The van der Waals surface area contributed by atoms with Crippen molar-refractivity contribution in [2.24, 2.45) is 0 Å². The lowest BCUT2D eigenvalue weighted by Crippen LogP contribution is -2.37. The van der Waals surface area contributed by atoms with Crippen LogP contribution < -0.4 is 5.32 Å². The van der Waals surface area contributed by atoms with Crippen LogP contribution >= 0.6 is 11.8 Å². The second kappa shape index (κ2) is 10.3. The maximum Gasteiger partial charge on any atom is 0.0201 e. The molecule has 0 aromatic rings. The van der Waals surface area contributed by atoms with E-state index in [2.05, 4.69) is 31.1 Å². The molecule has 102 valence electrons. The van der Waals surface area contributed by atoms with Crippen molar-refractivity contribution in [3.05, 3.63) is 0 Å². The van der Waals surface area contributed by atoms with Crippen molar-refractivity contribution in [3.63, 3.8) is 0 Å². The maximum atomic E-state index is 3.55. The lowest BCUT2D eigenvalue weighted by Gasteiger charge is -2.29. The minimum Gasteiger partial charge on any atom is -0.316 e. The van der Waals surface area contributed by atoms with Crippen molar-refractivity contribution in [2.75, 3.05) is 12.8 Å². The molecule has 1 saturated heterocycles. The summed E-state index contributed by atoms with van der Waals surface area (Å²) < 4.78 is 0. The Balaban J connectivity index is 2.05. The van der Waals surface area contributed by atoms with Crippen molar-refractivity contribution in [1.29, 1.82) is 0 Å². The highest BCUT2D eigenvalue weighted by Gasteiger charge is 2.22. The van der Waals surface area contributed by atoms with Gasteiger partial charge in [-0.1, -0.05) is 51.9 Å². The topological polar surface area (TPSA) is 12.0 Å². The van der Waals surface area contributed by atoms with Crippen LogP contribution in [-0.4, -0.2) is 24.1 Å². The Kier molecular flexibility index (Phi) is 9.27. The lowest BCUT2D eigenvalue weighted by molar-refractivity contribution is 0.445. The quantitative estimate of drug-likeness (QED) is 0.605. The highest BCUT2D eigenvalue weighted by molar-refractivity contribution is 8.00. The fourth-order valence-corrected chi connectivity index (χ4v) is 4.26. The predicted molar refractivity (Wildman–Crippen MR) is 80.9 cm³/mol. The van der Waals surface area contributed by atoms with Crippen LogP contribution in [0.5, 0.6) is 0 Å². The van der Waals surface area contributed by atoms with Gasteiger partial charge in [-0.2, -0.15) is 11.8 Å². The number of thioether (sulfide) groups is 1. The molecular weight excluding hydrogens is 226 g/mol. The number of hydrogen-bond acceptors (Lipinski definition) is 2. The van der Waals surface area contributed by atoms with Gasteiger partial charge in [0.05, 0.1) is 0 Å². The minimum atomic E-state index is 0.770. The normalized spacial score (nSPS) is 22.6. The van der Waals surface area contributed by atoms with Crippen LogP contribution in [0.1, 0.15) is 71.1 Å². The van der Waals surface area contributed by atoms with Gasteiger partial charge in [-0.3, -0.25) is 0 Å². The van der Waals surface area contributed by atoms with E-state index in [0.717, 1.165) is 11.3 Å². The summed E-state index contributed by atoms with van der Waals surface area (Å²) in [6, 6.07) is 0.770. The number of unbranched alkanes of at least 4 members (excludes halogenated alkanes) is 5. The molecule has 1 heterocycles. The van der Waals surface area contributed by atoms with E-state index in [1.165, 1.54) is 70.0 Å². The summed E-state index contributed by atoms with van der Waals surface area (Å²) in [5.74, 6) is 1.39. The van der Waals surface area contributed by atoms with E-state index >= 15 is 0 Å². The summed E-state index contributed by atoms with van der Waals surface area (Å²) in [6.45, 7) is 2.29. The van der Waals surface area contributed by atoms with Gasteiger partial charge >= 0.3 is 0 Å². The Morgan fingerprint density at radius 3 is 2.53 bits per heavy atom. The first-order valence-corrected chi connectivity index (χ1v) is 8.72. The molecule has 1 nitrogen and oxygen atoms in total. The molecule has 1 fully saturated rings. The molecule has 1 rings (SSSR count). The van der Waals surface area contributed by atoms with Crippen LogP contribution in [0.3, 0.4) is 0 Å². The Labute approximate surface area is 113 Å². The van der Waals surface area contributed by atoms with E-state index in [-0.39, 0.29) is 0 Å². The van der Waals surface area contributed by atoms with Gasteiger partial charge in [0.25, 0.3) is 0 Å². The first kappa shape index (κ1) is 15.4. The van der Waals surface area contributed by atoms with Gasteiger partial charge in [0, 0.05) is 11.3 Å². The van der Waals surface area contributed by atoms with E-state index in [1.54, 1.807) is 0 Å². The van der Waals surface area contributed by atoms with Crippen molar-refractivity contribution in [1.82, 2.24) is 5.32 Å². The van der Waals surface area contributed by atoms with Gasteiger partial charge in [0.1, 0.15) is 0 Å². The molecule has 0 saturated carbocycles. The van der Waals surface area contributed by atoms with Crippen molar-refractivity contribution in [3.8, 4) is 0 Å². The van der Waals surface area contributed by atoms with Gasteiger partial charge in [-0.15, -0.1) is 0 Å². The summed E-state index contributed by atoms with van der Waals surface area (Å²) >= 11 is 2.21. The molecule has 2 heteroatoms. The molecule has 0 radical (unpaired) electrons. The molecule has 2 atom stereocenters. The van der Waals surface area contributed by atoms with Crippen LogP contribution in [0.15, 0.2) is 0 Å². The van der Waals surface area contributed by atoms with Gasteiger partial charge in [0.15, 0.2) is 0 Å². The number of nitrogens with one attached hydrogen (secondary N) is 1. The van der Waals surface area contributed by atoms with Crippen LogP contribution in [0.2, 0.25) is 0 Å². The average Bonchev–Trinajstić information content (AvgIpc) is 2.39. The summed E-state index contributed by atoms with van der Waals surface area (Å²) in [5.41, 5.74) is 0. The van der Waals surface area contributed by atoms with Crippen molar-refractivity contribution >= 4 is 11.8 Å². The molecule has 0 amide bonds. The molecule has 0 aromatic carbocycles. The first-order chi connectivity index (χ1) is 8.38. The second-order valence-electron chi connectivity index (χ2n) is 5.36. The predicted octanol–water partition coefficient (Wildman–Crippen LogP) is 4.61. The van der Waals surface area contributed by atoms with Crippen molar-refractivity contribution < 1.29 is 0 Å². The minimum absolute atomic E-state index is 0.770. The van der Waals surface area contributed by atoms with E-state index in [1.807, 2.05) is 0 Å². The summed E-state index contributed by atoms with van der Waals surface area (Å²) in [7, 11) is 2.15. The summed E-state index contributed by atoms with van der Waals surface area (Å²) in [5, 5.41) is 4.45. The standard InChI is InChI=1S/C15H31NS/c1-3-4-5-6-7-8-11-14(16-2)15-12-9-10-13-17-15/h14-16H,3-13H2,1-2H3. The number of rotatable bonds is 9. The number of hydrogen-bond donors (Lipinski definition) is 1. The first-order valence-electron chi connectivity index (χ1n) is 7.67. The zero-order valence-corrected chi connectivity index (χ0v) is 12.7. The third-order valence-corrected chi connectivity index (χ3v) is 5.42. The molecule has 1 aliphatic rings. The van der Waals surface area contributed by atoms with Gasteiger partial charge in [-0.05, 0) is 32.1 Å². The van der Waals surface area contributed by atoms with Crippen LogP contribution in [0, 0.1) is 0 Å². The van der Waals surface area contributed by atoms with Gasteiger partial charge in [-0.25, -0.2) is 0 Å². The van der Waals surface area contributed by atoms with Gasteiger partial charge in [0.2, 0.25) is 0 Å². The van der Waals surface area contributed by atoms with Crippen LogP contribution in [-0.2, 0) is 0 Å². The third-order valence-electron chi connectivity index (χ3n) is 3.90. The van der Waals surface area contributed by atoms with E-state index < -0.39 is 0 Å². The van der Waals surface area contributed by atoms with Crippen LogP contribution in [0.4, 0.5) is 0 Å². The zero-order valence-electron chi connectivity index (χ0n) is 11.8. The average molecular weight is 257 g/mol. The van der Waals surface area contributed by atoms with Crippen LogP contribution in [0.25, 0.3) is 0 Å². The molecule has 2 unspecified atom stereocenters. The summed E-state index contributed by atoms with van der Waals surface area (Å²) in [4.78, 5) is 0. The van der Waals surface area contributed by atoms with E-state index in [4.69, 9.17) is 0 Å². The lowest BCUT2D eigenvalue weighted by atomic mass is 10.0. The fourth-order valence-electron chi connectivity index (χ4n) is 2.74. The highest BCUT2D eigenvalue weighted by Crippen LogP contribution is 2.29. The molecule has 0 bridgehead atoms.